The first-order chi connectivity index (χ1) is 41.0. The number of hydrogen-bond acceptors (Lipinski definition) is 6. The third-order valence-corrected chi connectivity index (χ3v) is 15.0. The number of hydrogen-bond donors (Lipinski definition) is 0. The van der Waals surface area contributed by atoms with Crippen molar-refractivity contribution in [1.82, 2.24) is 0 Å². The number of carbonyl (C=O) groups is 3. The molecule has 0 N–H and O–H groups in total. The molecule has 0 aliphatic rings. The average molecular weight is 1150 g/mol. The molecule has 6 nitrogen and oxygen atoms in total. The quantitative estimate of drug-likeness (QED) is 0.0261. The highest BCUT2D eigenvalue weighted by atomic mass is 16.6. The van der Waals surface area contributed by atoms with Gasteiger partial charge < -0.3 is 14.2 Å². The van der Waals surface area contributed by atoms with Crippen molar-refractivity contribution in [3.05, 3.63) is 122 Å². The summed E-state index contributed by atoms with van der Waals surface area (Å²) < 4.78 is 16.9. The van der Waals surface area contributed by atoms with E-state index in [4.69, 9.17) is 14.2 Å². The lowest BCUT2D eigenvalue weighted by molar-refractivity contribution is -0.166. The van der Waals surface area contributed by atoms with Crippen LogP contribution in [-0.2, 0) is 28.6 Å². The zero-order valence-corrected chi connectivity index (χ0v) is 54.4. The summed E-state index contributed by atoms with van der Waals surface area (Å²) in [6, 6.07) is 0. The summed E-state index contributed by atoms with van der Waals surface area (Å²) in [6.07, 6.45) is 98.3. The molecule has 1 atom stereocenters. The second kappa shape index (κ2) is 70.3. The van der Waals surface area contributed by atoms with Gasteiger partial charge in [0.15, 0.2) is 6.10 Å². The standard InChI is InChI=1S/C77H130O6/c1-4-7-10-13-16-19-22-24-26-28-30-31-32-33-34-35-36-37-38-39-40-41-42-43-44-45-47-48-50-52-55-58-61-64-67-70-76(79)82-73-74(72-81-75(78)69-66-63-60-57-54-21-18-15-12-9-6-3)83-77(80)71-68-65-62-59-56-53-51-49-46-29-27-25-23-20-17-14-11-8-5-2/h7-8,10-11,16-17,19-20,24-27,30-31,46,49,53,56,62,65,74H,4-6,9,12-15,18,21-23,28-29,32-45,47-48,50-52,54-55,57-61,63-64,66-73H2,1-3H3/b10-7-,11-8-,19-16-,20-17-,26-24-,27-25-,31-30-,49-46-,56-53-,65-62-. The second-order valence-electron chi connectivity index (χ2n) is 23.0. The Balaban J connectivity index is 4.16. The van der Waals surface area contributed by atoms with Crippen molar-refractivity contribution in [3.63, 3.8) is 0 Å². The van der Waals surface area contributed by atoms with Crippen molar-refractivity contribution in [3.8, 4) is 0 Å². The minimum atomic E-state index is -0.818. The molecular weight excluding hydrogens is 1020 g/mol. The van der Waals surface area contributed by atoms with Crippen LogP contribution < -0.4 is 0 Å². The Morgan fingerprint density at radius 3 is 0.783 bits per heavy atom. The van der Waals surface area contributed by atoms with Crippen molar-refractivity contribution < 1.29 is 28.6 Å². The molecule has 0 bridgehead atoms. The number of allylic oxidation sites excluding steroid dienone is 20. The maximum Gasteiger partial charge on any atom is 0.306 e. The molecule has 474 valence electrons. The van der Waals surface area contributed by atoms with E-state index in [2.05, 4.69) is 136 Å². The Hall–Kier alpha value is -4.19. The fourth-order valence-corrected chi connectivity index (χ4v) is 9.82. The van der Waals surface area contributed by atoms with Crippen molar-refractivity contribution in [2.24, 2.45) is 0 Å². The van der Waals surface area contributed by atoms with Crippen LogP contribution in [0.2, 0.25) is 0 Å². The van der Waals surface area contributed by atoms with Crippen LogP contribution in [0.4, 0.5) is 0 Å². The first-order valence-corrected chi connectivity index (χ1v) is 35.0. The van der Waals surface area contributed by atoms with Gasteiger partial charge in [-0.25, -0.2) is 0 Å². The Morgan fingerprint density at radius 1 is 0.253 bits per heavy atom. The van der Waals surface area contributed by atoms with Gasteiger partial charge in [-0.15, -0.1) is 0 Å². The van der Waals surface area contributed by atoms with Crippen LogP contribution in [0.5, 0.6) is 0 Å². The predicted octanol–water partition coefficient (Wildman–Crippen LogP) is 24.3. The lowest BCUT2D eigenvalue weighted by Crippen LogP contribution is -2.30. The summed E-state index contributed by atoms with van der Waals surface area (Å²) in [4.78, 5) is 38.3. The molecule has 0 heterocycles. The van der Waals surface area contributed by atoms with Gasteiger partial charge in [0.05, 0.1) is 0 Å². The summed E-state index contributed by atoms with van der Waals surface area (Å²) in [5.41, 5.74) is 0. The zero-order chi connectivity index (χ0) is 59.9. The maximum absolute atomic E-state index is 12.9. The normalized spacial score (nSPS) is 12.9. The largest absolute Gasteiger partial charge is 0.462 e. The molecule has 0 aliphatic carbocycles. The van der Waals surface area contributed by atoms with E-state index in [1.54, 1.807) is 0 Å². The summed E-state index contributed by atoms with van der Waals surface area (Å²) in [5.74, 6) is -0.979. The number of unbranched alkanes of at least 4 members (excludes halogenated alkanes) is 32. The number of rotatable bonds is 63. The summed E-state index contributed by atoms with van der Waals surface area (Å²) in [5, 5.41) is 0. The van der Waals surface area contributed by atoms with Gasteiger partial charge >= 0.3 is 17.9 Å². The molecule has 0 saturated heterocycles. The lowest BCUT2D eigenvalue weighted by atomic mass is 10.0. The van der Waals surface area contributed by atoms with E-state index in [-0.39, 0.29) is 37.5 Å². The van der Waals surface area contributed by atoms with Crippen LogP contribution in [0.1, 0.15) is 329 Å². The van der Waals surface area contributed by atoms with E-state index in [0.717, 1.165) is 103 Å². The third kappa shape index (κ3) is 68.5. The Labute approximate surface area is 513 Å². The van der Waals surface area contributed by atoms with Gasteiger partial charge in [0.1, 0.15) is 13.2 Å². The van der Waals surface area contributed by atoms with Gasteiger partial charge in [0.25, 0.3) is 0 Å². The van der Waals surface area contributed by atoms with Crippen LogP contribution in [0.25, 0.3) is 0 Å². The van der Waals surface area contributed by atoms with E-state index in [1.165, 1.54) is 180 Å². The highest BCUT2D eigenvalue weighted by Crippen LogP contribution is 2.17. The number of esters is 3. The molecule has 1 unspecified atom stereocenters. The molecule has 0 rings (SSSR count). The molecule has 0 aromatic heterocycles. The molecule has 6 heteroatoms. The highest BCUT2D eigenvalue weighted by Gasteiger charge is 2.19. The van der Waals surface area contributed by atoms with Gasteiger partial charge in [0, 0.05) is 19.3 Å². The number of ether oxygens (including phenoxy) is 3. The van der Waals surface area contributed by atoms with Gasteiger partial charge in [0.2, 0.25) is 0 Å². The van der Waals surface area contributed by atoms with Crippen LogP contribution in [-0.4, -0.2) is 37.2 Å². The Kier molecular flexibility index (Phi) is 66.7. The molecule has 0 aliphatic heterocycles. The molecule has 0 aromatic carbocycles. The second-order valence-corrected chi connectivity index (χ2v) is 23.0. The molecule has 0 fully saturated rings. The van der Waals surface area contributed by atoms with Crippen molar-refractivity contribution >= 4 is 17.9 Å². The summed E-state index contributed by atoms with van der Waals surface area (Å²) in [7, 11) is 0. The highest BCUT2D eigenvalue weighted by molar-refractivity contribution is 5.71. The van der Waals surface area contributed by atoms with E-state index < -0.39 is 6.10 Å². The molecule has 83 heavy (non-hydrogen) atoms. The van der Waals surface area contributed by atoms with E-state index >= 15 is 0 Å². The lowest BCUT2D eigenvalue weighted by Gasteiger charge is -2.18. The van der Waals surface area contributed by atoms with E-state index in [9.17, 15) is 14.4 Å². The van der Waals surface area contributed by atoms with Crippen molar-refractivity contribution in [1.29, 1.82) is 0 Å². The topological polar surface area (TPSA) is 78.9 Å². The van der Waals surface area contributed by atoms with Crippen LogP contribution in [0.3, 0.4) is 0 Å². The average Bonchev–Trinajstić information content (AvgIpc) is 3.48. The maximum atomic E-state index is 12.9. The SMILES string of the molecule is CC/C=C\C/C=C\C/C=C\C/C=C\C/C=C\C/C=C\CCC(=O)OC(COC(=O)CCCCCCCCCCCCC)COC(=O)CCCCCCCCCCCCCCCCCCCCCCCC/C=C\C/C=C\C/C=C\C/C=C\CC. The van der Waals surface area contributed by atoms with Crippen molar-refractivity contribution in [2.75, 3.05) is 13.2 Å². The van der Waals surface area contributed by atoms with Gasteiger partial charge in [-0.2, -0.15) is 0 Å². The molecule has 0 aromatic rings. The van der Waals surface area contributed by atoms with E-state index in [0.29, 0.717) is 19.3 Å². The first-order valence-electron chi connectivity index (χ1n) is 35.0. The molecule has 0 spiro atoms. The van der Waals surface area contributed by atoms with Crippen LogP contribution >= 0.6 is 0 Å². The predicted molar refractivity (Wildman–Crippen MR) is 362 cm³/mol. The monoisotopic (exact) mass is 1150 g/mol. The summed E-state index contributed by atoms with van der Waals surface area (Å²) in [6.45, 7) is 6.37. The first kappa shape index (κ1) is 78.8. The van der Waals surface area contributed by atoms with Gasteiger partial charge in [-0.3, -0.25) is 14.4 Å². The molecule has 0 amide bonds. The van der Waals surface area contributed by atoms with Gasteiger partial charge in [-0.05, 0) is 96.3 Å². The van der Waals surface area contributed by atoms with Crippen LogP contribution in [0.15, 0.2) is 122 Å². The zero-order valence-electron chi connectivity index (χ0n) is 54.4. The number of carbonyl (C=O) groups excluding carboxylic acids is 3. The van der Waals surface area contributed by atoms with E-state index in [1.807, 2.05) is 6.08 Å². The Morgan fingerprint density at radius 2 is 0.494 bits per heavy atom. The van der Waals surface area contributed by atoms with Gasteiger partial charge in [-0.1, -0.05) is 335 Å². The van der Waals surface area contributed by atoms with Crippen LogP contribution in [0, 0.1) is 0 Å². The van der Waals surface area contributed by atoms with Crippen molar-refractivity contribution in [2.45, 2.75) is 335 Å². The fourth-order valence-electron chi connectivity index (χ4n) is 9.82. The minimum absolute atomic E-state index is 0.105. The fraction of sp³-hybridized carbons (Fsp3) is 0.701. The minimum Gasteiger partial charge on any atom is -0.462 e. The Bertz CT molecular complexity index is 1700. The molecule has 0 radical (unpaired) electrons. The molecular formula is C77H130O6. The third-order valence-electron chi connectivity index (χ3n) is 15.0. The smallest absolute Gasteiger partial charge is 0.306 e. The molecule has 0 saturated carbocycles. The summed E-state index contributed by atoms with van der Waals surface area (Å²) >= 11 is 0.